The Balaban J connectivity index is 0. The minimum atomic E-state index is -1.62. The molecule has 0 radical (unpaired) electrons. The average Bonchev–Trinajstić information content (AvgIpc) is 2.39. The maximum absolute atomic E-state index is 11.4. The van der Waals surface area contributed by atoms with Gasteiger partial charge in [-0.25, -0.2) is 0 Å². The Morgan fingerprint density at radius 3 is 1.50 bits per heavy atom. The molecule has 5 heteroatoms. The van der Waals surface area contributed by atoms with Gasteiger partial charge in [-0.05, 0) is 12.3 Å². The summed E-state index contributed by atoms with van der Waals surface area (Å²) >= 11 is 0. The number of unbranched alkanes of at least 4 members (excludes halogenated alkanes) is 8. The number of hydrogen-bond donors (Lipinski definition) is 2. The van der Waals surface area contributed by atoms with Gasteiger partial charge in [0.15, 0.2) is 5.41 Å². The van der Waals surface area contributed by atoms with Gasteiger partial charge in [-0.3, -0.25) is 9.59 Å². The molecule has 0 spiro atoms. The summed E-state index contributed by atoms with van der Waals surface area (Å²) in [7, 11) is 0. The van der Waals surface area contributed by atoms with Gasteiger partial charge in [-0.2, -0.15) is 0 Å². The second kappa shape index (κ2) is 13.6. The van der Waals surface area contributed by atoms with Gasteiger partial charge >= 0.3 is 49.7 Å². The summed E-state index contributed by atoms with van der Waals surface area (Å²) in [6, 6.07) is 0. The van der Waals surface area contributed by atoms with Gasteiger partial charge in [0.25, 0.3) is 0 Å². The van der Waals surface area contributed by atoms with E-state index in [1.807, 2.05) is 0 Å². The van der Waals surface area contributed by atoms with Crippen molar-refractivity contribution >= 4 is 49.7 Å². The van der Waals surface area contributed by atoms with Crippen molar-refractivity contribution in [3.63, 3.8) is 0 Å². The van der Waals surface area contributed by atoms with Crippen LogP contribution < -0.4 is 0 Å². The molecule has 0 aromatic heterocycles. The first kappa shape index (κ1) is 24.5. The minimum absolute atomic E-state index is 0. The zero-order valence-corrected chi connectivity index (χ0v) is 13.9. The molecule has 2 N–H and O–H groups in total. The van der Waals surface area contributed by atoms with Crippen molar-refractivity contribution in [1.29, 1.82) is 0 Å². The zero-order valence-electron chi connectivity index (χ0n) is 13.9. The summed E-state index contributed by atoms with van der Waals surface area (Å²) in [6.07, 6.45) is 10.4. The molecular weight excluding hydrogens is 308 g/mol. The van der Waals surface area contributed by atoms with Crippen LogP contribution in [0.3, 0.4) is 0 Å². The van der Waals surface area contributed by atoms with Crippen molar-refractivity contribution in [3.05, 3.63) is 0 Å². The molecular formula is C17H34CaO4. The summed E-state index contributed by atoms with van der Waals surface area (Å²) in [6.45, 7) is 5.55. The zero-order chi connectivity index (χ0) is 16.3. The van der Waals surface area contributed by atoms with Crippen molar-refractivity contribution in [2.75, 3.05) is 0 Å². The Bertz CT molecular complexity index is 302. The first-order chi connectivity index (χ1) is 9.89. The molecule has 0 aromatic carbocycles. The molecule has 0 saturated heterocycles. The predicted molar refractivity (Wildman–Crippen MR) is 92.9 cm³/mol. The second-order valence-electron chi connectivity index (χ2n) is 6.31. The van der Waals surface area contributed by atoms with Gasteiger partial charge in [0.05, 0.1) is 0 Å². The van der Waals surface area contributed by atoms with Gasteiger partial charge in [0.1, 0.15) is 0 Å². The van der Waals surface area contributed by atoms with E-state index in [1.165, 1.54) is 38.5 Å². The molecule has 4 nitrogen and oxygen atoms in total. The molecule has 0 rings (SSSR count). The Morgan fingerprint density at radius 2 is 1.18 bits per heavy atom. The summed E-state index contributed by atoms with van der Waals surface area (Å²) in [5.41, 5.74) is -1.62. The third-order valence-corrected chi connectivity index (χ3v) is 4.42. The third kappa shape index (κ3) is 8.16. The standard InChI is InChI=1S/C17H32O4.Ca.2H/c1-4-5-6-7-8-9-10-11-12-13-17(14(2)3,15(18)19)16(20)21;;;/h14H,4-13H2,1-3H3,(H,18,19)(H,20,21);;;. The van der Waals surface area contributed by atoms with Gasteiger partial charge in [0.2, 0.25) is 0 Å². The van der Waals surface area contributed by atoms with Crippen LogP contribution in [0.1, 0.15) is 85.0 Å². The van der Waals surface area contributed by atoms with Crippen molar-refractivity contribution in [2.45, 2.75) is 85.0 Å². The van der Waals surface area contributed by atoms with Crippen molar-refractivity contribution in [3.8, 4) is 0 Å². The van der Waals surface area contributed by atoms with Crippen LogP contribution in [0.15, 0.2) is 0 Å². The average molecular weight is 343 g/mol. The maximum atomic E-state index is 11.4. The first-order valence-corrected chi connectivity index (χ1v) is 8.36. The van der Waals surface area contributed by atoms with Crippen LogP contribution in [0, 0.1) is 11.3 Å². The molecule has 0 bridgehead atoms. The van der Waals surface area contributed by atoms with Crippen LogP contribution in [0.2, 0.25) is 0 Å². The fraction of sp³-hybridized carbons (Fsp3) is 0.882. The molecule has 0 heterocycles. The normalized spacial score (nSPS) is 11.3. The van der Waals surface area contributed by atoms with Crippen LogP contribution in [-0.4, -0.2) is 59.9 Å². The van der Waals surface area contributed by atoms with Gasteiger partial charge < -0.3 is 10.2 Å². The van der Waals surface area contributed by atoms with Crippen LogP contribution >= 0.6 is 0 Å². The summed E-state index contributed by atoms with van der Waals surface area (Å²) < 4.78 is 0. The monoisotopic (exact) mass is 342 g/mol. The van der Waals surface area contributed by atoms with E-state index in [0.717, 1.165) is 12.8 Å². The van der Waals surface area contributed by atoms with Crippen molar-refractivity contribution < 1.29 is 19.8 Å². The summed E-state index contributed by atoms with van der Waals surface area (Å²) in [4.78, 5) is 22.8. The van der Waals surface area contributed by atoms with E-state index in [0.29, 0.717) is 6.42 Å². The predicted octanol–water partition coefficient (Wildman–Crippen LogP) is 3.80. The van der Waals surface area contributed by atoms with E-state index in [1.54, 1.807) is 13.8 Å². The van der Waals surface area contributed by atoms with E-state index >= 15 is 0 Å². The quantitative estimate of drug-likeness (QED) is 0.303. The van der Waals surface area contributed by atoms with Crippen LogP contribution in [0.5, 0.6) is 0 Å². The van der Waals surface area contributed by atoms with Gasteiger partial charge in [-0.1, -0.05) is 78.6 Å². The molecule has 0 fully saturated rings. The molecule has 0 amide bonds. The first-order valence-electron chi connectivity index (χ1n) is 8.36. The fourth-order valence-corrected chi connectivity index (χ4v) is 2.80. The van der Waals surface area contributed by atoms with E-state index < -0.39 is 23.3 Å². The molecule has 0 saturated carbocycles. The summed E-state index contributed by atoms with van der Waals surface area (Å²) in [5.74, 6) is -2.81. The number of carbonyl (C=O) groups is 2. The summed E-state index contributed by atoms with van der Waals surface area (Å²) in [5, 5.41) is 18.6. The molecule has 128 valence electrons. The third-order valence-electron chi connectivity index (χ3n) is 4.42. The van der Waals surface area contributed by atoms with Crippen molar-refractivity contribution in [1.82, 2.24) is 0 Å². The van der Waals surface area contributed by atoms with Gasteiger partial charge in [0, 0.05) is 0 Å². The Labute approximate surface area is 165 Å². The fourth-order valence-electron chi connectivity index (χ4n) is 2.80. The van der Waals surface area contributed by atoms with E-state index in [9.17, 15) is 19.8 Å². The number of rotatable bonds is 13. The number of hydrogen-bond acceptors (Lipinski definition) is 2. The molecule has 0 aromatic rings. The second-order valence-corrected chi connectivity index (χ2v) is 6.31. The van der Waals surface area contributed by atoms with E-state index in [2.05, 4.69) is 6.92 Å². The number of aliphatic carboxylic acids is 2. The van der Waals surface area contributed by atoms with Crippen LogP contribution in [0.4, 0.5) is 0 Å². The van der Waals surface area contributed by atoms with Gasteiger partial charge in [-0.15, -0.1) is 0 Å². The van der Waals surface area contributed by atoms with E-state index in [4.69, 9.17) is 0 Å². The molecule has 0 aliphatic carbocycles. The van der Waals surface area contributed by atoms with Crippen LogP contribution in [-0.2, 0) is 9.59 Å². The number of carboxylic acids is 2. The molecule has 0 aliphatic rings. The van der Waals surface area contributed by atoms with Crippen molar-refractivity contribution in [2.24, 2.45) is 11.3 Å². The Kier molecular flexibility index (Phi) is 15.1. The number of carboxylic acid groups (broad SMARTS) is 2. The Morgan fingerprint density at radius 1 is 0.818 bits per heavy atom. The Hall–Kier alpha value is 0.200. The molecule has 22 heavy (non-hydrogen) atoms. The molecule has 0 aliphatic heterocycles. The molecule has 0 unspecified atom stereocenters. The SMILES string of the molecule is CCCCCCCCCCCC(C(=O)O)(C(=O)O)C(C)C.[CaH2]. The van der Waals surface area contributed by atoms with E-state index in [-0.39, 0.29) is 44.2 Å². The van der Waals surface area contributed by atoms with Crippen LogP contribution in [0.25, 0.3) is 0 Å². The molecule has 0 atom stereocenters. The topological polar surface area (TPSA) is 74.6 Å².